The van der Waals surface area contributed by atoms with Crippen LogP contribution in [0.3, 0.4) is 0 Å². The molecule has 2 aromatic rings. The van der Waals surface area contributed by atoms with Crippen LogP contribution in [0.5, 0.6) is 0 Å². The first-order valence-electron chi connectivity index (χ1n) is 12.4. The number of esters is 1. The number of carbonyl (C=O) groups excluding carboxylic acids is 3. The smallest absolute Gasteiger partial charge is 0.308 e. The molecule has 1 aliphatic carbocycles. The average Bonchev–Trinajstić information content (AvgIpc) is 3.49. The third-order valence-corrected chi connectivity index (χ3v) is 8.14. The zero-order valence-electron chi connectivity index (χ0n) is 20.3. The lowest BCUT2D eigenvalue weighted by molar-refractivity contribution is -0.145. The van der Waals surface area contributed by atoms with Crippen LogP contribution in [0.25, 0.3) is 11.7 Å². The topological polar surface area (TPSA) is 113 Å². The van der Waals surface area contributed by atoms with Crippen molar-refractivity contribution in [2.24, 2.45) is 0 Å². The van der Waals surface area contributed by atoms with Gasteiger partial charge in [0.2, 0.25) is 5.91 Å². The molecule has 1 saturated carbocycles. The number of aromatic nitrogens is 2. The number of thiocarbonyl (C=S) groups is 1. The minimum Gasteiger partial charge on any atom is -0.466 e. The second kappa shape index (κ2) is 10.6. The van der Waals surface area contributed by atoms with E-state index in [1.54, 1.807) is 41.1 Å². The van der Waals surface area contributed by atoms with Gasteiger partial charge in [-0.1, -0.05) is 42.9 Å². The lowest BCUT2D eigenvalue weighted by Gasteiger charge is -2.36. The molecule has 0 aromatic carbocycles. The number of amides is 2. The Morgan fingerprint density at radius 3 is 2.81 bits per heavy atom. The van der Waals surface area contributed by atoms with Crippen molar-refractivity contribution in [3.05, 3.63) is 45.2 Å². The first-order valence-corrected chi connectivity index (χ1v) is 13.6. The SMILES string of the molecule is CCOC(=O)CC1C(=O)NCCN1c1nc2ccccn2c(=O)c1/C=C1\SC(=S)N(C2CCCC2)C1=O. The molecular formula is C25H27N5O5S2. The summed E-state index contributed by atoms with van der Waals surface area (Å²) in [5.74, 6) is -0.852. The molecule has 10 nitrogen and oxygen atoms in total. The van der Waals surface area contributed by atoms with Crippen LogP contribution < -0.4 is 15.8 Å². The molecule has 2 aliphatic heterocycles. The van der Waals surface area contributed by atoms with Crippen molar-refractivity contribution in [2.75, 3.05) is 24.6 Å². The van der Waals surface area contributed by atoms with Crippen LogP contribution in [0, 0.1) is 0 Å². The number of rotatable bonds is 6. The molecule has 4 heterocycles. The number of thioether (sulfide) groups is 1. The summed E-state index contributed by atoms with van der Waals surface area (Å²) in [6.45, 7) is 2.53. The van der Waals surface area contributed by atoms with E-state index in [4.69, 9.17) is 21.9 Å². The van der Waals surface area contributed by atoms with Crippen LogP contribution in [0.2, 0.25) is 0 Å². The minimum absolute atomic E-state index is 0.0773. The Balaban J connectivity index is 1.61. The fourth-order valence-corrected chi connectivity index (χ4v) is 6.46. The Morgan fingerprint density at radius 2 is 2.05 bits per heavy atom. The predicted octanol–water partition coefficient (Wildman–Crippen LogP) is 2.10. The van der Waals surface area contributed by atoms with E-state index in [1.165, 1.54) is 22.2 Å². The average molecular weight is 542 g/mol. The summed E-state index contributed by atoms with van der Waals surface area (Å²) in [7, 11) is 0. The summed E-state index contributed by atoms with van der Waals surface area (Å²) in [6.07, 6.45) is 6.87. The molecule has 0 spiro atoms. The van der Waals surface area contributed by atoms with Gasteiger partial charge >= 0.3 is 5.97 Å². The van der Waals surface area contributed by atoms with E-state index in [0.717, 1.165) is 25.7 Å². The molecule has 12 heteroatoms. The number of hydrogen-bond donors (Lipinski definition) is 1. The van der Waals surface area contributed by atoms with Crippen LogP contribution in [-0.4, -0.2) is 68.2 Å². The van der Waals surface area contributed by atoms with Gasteiger partial charge in [-0.2, -0.15) is 0 Å². The third kappa shape index (κ3) is 4.87. The highest BCUT2D eigenvalue weighted by atomic mass is 32.2. The van der Waals surface area contributed by atoms with E-state index >= 15 is 0 Å². The predicted molar refractivity (Wildman–Crippen MR) is 144 cm³/mol. The van der Waals surface area contributed by atoms with Crippen molar-refractivity contribution in [3.8, 4) is 0 Å². The van der Waals surface area contributed by atoms with E-state index in [2.05, 4.69) is 5.32 Å². The van der Waals surface area contributed by atoms with Gasteiger partial charge in [0.15, 0.2) is 0 Å². The van der Waals surface area contributed by atoms with Crippen LogP contribution in [-0.2, 0) is 19.1 Å². The molecule has 1 N–H and O–H groups in total. The Kier molecular flexibility index (Phi) is 7.29. The van der Waals surface area contributed by atoms with Gasteiger partial charge in [0.1, 0.15) is 21.8 Å². The summed E-state index contributed by atoms with van der Waals surface area (Å²) in [6, 6.07) is 4.34. The van der Waals surface area contributed by atoms with Gasteiger partial charge in [-0.05, 0) is 38.0 Å². The summed E-state index contributed by atoms with van der Waals surface area (Å²) in [4.78, 5) is 60.7. The van der Waals surface area contributed by atoms with Crippen molar-refractivity contribution in [1.82, 2.24) is 19.6 Å². The van der Waals surface area contributed by atoms with Gasteiger partial charge in [0.25, 0.3) is 11.5 Å². The van der Waals surface area contributed by atoms with Gasteiger partial charge in [0.05, 0.1) is 23.5 Å². The first kappa shape index (κ1) is 25.4. The summed E-state index contributed by atoms with van der Waals surface area (Å²) in [5, 5.41) is 2.78. The van der Waals surface area contributed by atoms with E-state index in [0.29, 0.717) is 28.0 Å². The Bertz CT molecular complexity index is 1370. The lowest BCUT2D eigenvalue weighted by Crippen LogP contribution is -2.57. The Hall–Kier alpha value is -3.25. The zero-order chi connectivity index (χ0) is 26.1. The quantitative estimate of drug-likeness (QED) is 0.334. The molecule has 2 amide bonds. The van der Waals surface area contributed by atoms with E-state index in [-0.39, 0.29) is 47.8 Å². The summed E-state index contributed by atoms with van der Waals surface area (Å²) in [5.41, 5.74) is 0.172. The standard InChI is InChI=1S/C25H27N5O5S2/c1-2-35-20(31)14-17-22(32)26-10-12-28(17)21-16(23(33)29-11-6-5-9-19(29)27-21)13-18-24(34)30(25(36)37-18)15-7-3-4-8-15/h5-6,9,11,13,15,17H,2-4,7-8,10,12,14H2,1H3,(H,26,32)/b18-13-. The monoisotopic (exact) mass is 541 g/mol. The Labute approximate surface area is 223 Å². The van der Waals surface area contributed by atoms with Gasteiger partial charge in [0, 0.05) is 25.3 Å². The van der Waals surface area contributed by atoms with E-state index in [9.17, 15) is 19.2 Å². The normalized spacial score (nSPS) is 21.8. The Morgan fingerprint density at radius 1 is 1.27 bits per heavy atom. The second-order valence-electron chi connectivity index (χ2n) is 9.08. The fourth-order valence-electron chi connectivity index (χ4n) is 5.07. The van der Waals surface area contributed by atoms with Gasteiger partial charge in [-0.15, -0.1) is 0 Å². The number of nitrogens with zero attached hydrogens (tertiary/aromatic N) is 4. The highest BCUT2D eigenvalue weighted by molar-refractivity contribution is 8.26. The maximum Gasteiger partial charge on any atom is 0.308 e. The van der Waals surface area contributed by atoms with Crippen LogP contribution in [0.4, 0.5) is 5.82 Å². The van der Waals surface area contributed by atoms with E-state index < -0.39 is 12.0 Å². The fraction of sp³-hybridized carbons (Fsp3) is 0.440. The molecule has 194 valence electrons. The van der Waals surface area contributed by atoms with Crippen molar-refractivity contribution in [2.45, 2.75) is 51.1 Å². The lowest BCUT2D eigenvalue weighted by atomic mass is 10.1. The highest BCUT2D eigenvalue weighted by Crippen LogP contribution is 2.38. The molecule has 2 saturated heterocycles. The molecular weight excluding hydrogens is 514 g/mol. The molecule has 1 unspecified atom stereocenters. The maximum absolute atomic E-state index is 13.7. The molecule has 5 rings (SSSR count). The van der Waals surface area contributed by atoms with Gasteiger partial charge in [-0.3, -0.25) is 28.5 Å². The highest BCUT2D eigenvalue weighted by Gasteiger charge is 2.39. The zero-order valence-corrected chi connectivity index (χ0v) is 22.0. The van der Waals surface area contributed by atoms with Gasteiger partial charge in [-0.25, -0.2) is 4.98 Å². The van der Waals surface area contributed by atoms with Crippen LogP contribution in [0.1, 0.15) is 44.6 Å². The van der Waals surface area contributed by atoms with Crippen molar-refractivity contribution in [3.63, 3.8) is 0 Å². The largest absolute Gasteiger partial charge is 0.466 e. The summed E-state index contributed by atoms with van der Waals surface area (Å²) >= 11 is 6.71. The number of piperazine rings is 1. The maximum atomic E-state index is 13.7. The number of nitrogens with one attached hydrogen (secondary N) is 1. The molecule has 3 fully saturated rings. The second-order valence-corrected chi connectivity index (χ2v) is 10.8. The molecule has 0 radical (unpaired) electrons. The van der Waals surface area contributed by atoms with E-state index in [1.807, 2.05) is 0 Å². The first-order chi connectivity index (χ1) is 17.9. The number of ether oxygens (including phenoxy) is 1. The molecule has 3 aliphatic rings. The molecule has 37 heavy (non-hydrogen) atoms. The number of anilines is 1. The van der Waals surface area contributed by atoms with Crippen LogP contribution in [0.15, 0.2) is 34.1 Å². The molecule has 1 atom stereocenters. The van der Waals surface area contributed by atoms with Crippen molar-refractivity contribution >= 4 is 63.6 Å². The number of pyridine rings is 1. The summed E-state index contributed by atoms with van der Waals surface area (Å²) < 4.78 is 6.97. The number of hydrogen-bond acceptors (Lipinski definition) is 9. The van der Waals surface area contributed by atoms with Crippen molar-refractivity contribution in [1.29, 1.82) is 0 Å². The molecule has 2 aromatic heterocycles. The number of fused-ring (bicyclic) bond motifs is 1. The third-order valence-electron chi connectivity index (χ3n) is 6.81. The molecule has 0 bridgehead atoms. The van der Waals surface area contributed by atoms with Crippen LogP contribution >= 0.6 is 24.0 Å². The van der Waals surface area contributed by atoms with Crippen molar-refractivity contribution < 1.29 is 19.1 Å². The number of carbonyl (C=O) groups is 3. The minimum atomic E-state index is -0.911. The van der Waals surface area contributed by atoms with Gasteiger partial charge < -0.3 is 15.0 Å².